The van der Waals surface area contributed by atoms with Gasteiger partial charge in [-0.05, 0) is 42.5 Å². The smallest absolute Gasteiger partial charge is 0.143 e. The normalized spacial score (nSPS) is 10.7. The Bertz CT molecular complexity index is 703. The third kappa shape index (κ3) is 2.67. The van der Waals surface area contributed by atoms with Gasteiger partial charge in [0.05, 0.1) is 22.9 Å². The second-order valence-corrected chi connectivity index (χ2v) is 5.69. The summed E-state index contributed by atoms with van der Waals surface area (Å²) < 4.78 is 1.63. The first-order valence-electron chi connectivity index (χ1n) is 6.22. The number of nitrogens with one attached hydrogen (secondary N) is 1. The predicted octanol–water partition coefficient (Wildman–Crippen LogP) is 2.35. The van der Waals surface area contributed by atoms with E-state index >= 15 is 0 Å². The van der Waals surface area contributed by atoms with Crippen LogP contribution in [0.2, 0.25) is 0 Å². The second kappa shape index (κ2) is 5.38. The standard InChI is InChI=1S/C13H14N6S/c1-9-13(20-10(2)16-9)7-14-11-4-3-5-12(6-11)19-8-15-17-18-19/h3-6,8,14H,7H2,1-2H3. The topological polar surface area (TPSA) is 68.5 Å². The molecule has 7 heteroatoms. The summed E-state index contributed by atoms with van der Waals surface area (Å²) in [5.41, 5.74) is 3.05. The Balaban J connectivity index is 1.75. The maximum Gasteiger partial charge on any atom is 0.143 e. The molecule has 0 bridgehead atoms. The lowest BCUT2D eigenvalue weighted by atomic mass is 10.2. The quantitative estimate of drug-likeness (QED) is 0.797. The Morgan fingerprint density at radius 1 is 1.30 bits per heavy atom. The van der Waals surface area contributed by atoms with Crippen molar-refractivity contribution in [3.8, 4) is 5.69 Å². The molecule has 0 aliphatic heterocycles. The van der Waals surface area contributed by atoms with Crippen molar-refractivity contribution < 1.29 is 0 Å². The molecular formula is C13H14N6S. The molecule has 0 aliphatic carbocycles. The molecule has 3 aromatic rings. The first kappa shape index (κ1) is 12.7. The summed E-state index contributed by atoms with van der Waals surface area (Å²) in [7, 11) is 0. The molecule has 0 amide bonds. The number of aromatic nitrogens is 5. The Hall–Kier alpha value is -2.28. The van der Waals surface area contributed by atoms with E-state index in [0.29, 0.717) is 0 Å². The van der Waals surface area contributed by atoms with E-state index in [2.05, 4.69) is 25.8 Å². The second-order valence-electron chi connectivity index (χ2n) is 4.40. The summed E-state index contributed by atoms with van der Waals surface area (Å²) in [6.07, 6.45) is 1.58. The van der Waals surface area contributed by atoms with Crippen molar-refractivity contribution in [2.75, 3.05) is 5.32 Å². The number of tetrazole rings is 1. The van der Waals surface area contributed by atoms with Crippen LogP contribution in [0.5, 0.6) is 0 Å². The van der Waals surface area contributed by atoms with Crippen molar-refractivity contribution >= 4 is 17.0 Å². The minimum atomic E-state index is 0.774. The number of aryl methyl sites for hydroxylation is 2. The lowest BCUT2D eigenvalue weighted by Gasteiger charge is -2.07. The monoisotopic (exact) mass is 286 g/mol. The van der Waals surface area contributed by atoms with E-state index in [1.807, 2.05) is 38.1 Å². The molecule has 3 rings (SSSR count). The number of nitrogens with zero attached hydrogens (tertiary/aromatic N) is 5. The Kier molecular flexibility index (Phi) is 3.42. The first-order valence-corrected chi connectivity index (χ1v) is 7.04. The molecule has 1 N–H and O–H groups in total. The van der Waals surface area contributed by atoms with Gasteiger partial charge >= 0.3 is 0 Å². The SMILES string of the molecule is Cc1nc(C)c(CNc2cccc(-n3cnnn3)c2)s1. The molecule has 1 aromatic carbocycles. The van der Waals surface area contributed by atoms with Crippen LogP contribution in [-0.2, 0) is 6.54 Å². The number of anilines is 1. The Morgan fingerprint density at radius 3 is 2.90 bits per heavy atom. The molecular weight excluding hydrogens is 272 g/mol. The maximum atomic E-state index is 4.43. The molecule has 6 nitrogen and oxygen atoms in total. The highest BCUT2D eigenvalue weighted by atomic mass is 32.1. The van der Waals surface area contributed by atoms with Crippen LogP contribution in [0.15, 0.2) is 30.6 Å². The highest BCUT2D eigenvalue weighted by Gasteiger charge is 2.05. The molecule has 0 unspecified atom stereocenters. The van der Waals surface area contributed by atoms with Crippen LogP contribution >= 0.6 is 11.3 Å². The van der Waals surface area contributed by atoms with Gasteiger partial charge in [0, 0.05) is 10.6 Å². The van der Waals surface area contributed by atoms with Gasteiger partial charge in [0.2, 0.25) is 0 Å². The van der Waals surface area contributed by atoms with E-state index < -0.39 is 0 Å². The summed E-state index contributed by atoms with van der Waals surface area (Å²) in [6, 6.07) is 7.98. The van der Waals surface area contributed by atoms with Crippen molar-refractivity contribution in [1.82, 2.24) is 25.2 Å². The van der Waals surface area contributed by atoms with Gasteiger partial charge in [0.15, 0.2) is 0 Å². The van der Waals surface area contributed by atoms with Gasteiger partial charge in [0.25, 0.3) is 0 Å². The molecule has 20 heavy (non-hydrogen) atoms. The summed E-state index contributed by atoms with van der Waals surface area (Å²) in [6.45, 7) is 4.84. The van der Waals surface area contributed by atoms with Gasteiger partial charge in [-0.3, -0.25) is 0 Å². The van der Waals surface area contributed by atoms with E-state index in [-0.39, 0.29) is 0 Å². The highest BCUT2D eigenvalue weighted by molar-refractivity contribution is 7.11. The minimum Gasteiger partial charge on any atom is -0.380 e. The number of hydrogen-bond donors (Lipinski definition) is 1. The zero-order valence-corrected chi connectivity index (χ0v) is 12.1. The molecule has 2 heterocycles. The van der Waals surface area contributed by atoms with Gasteiger partial charge in [0.1, 0.15) is 6.33 Å². The average Bonchev–Trinajstić information content (AvgIpc) is 3.07. The van der Waals surface area contributed by atoms with Crippen molar-refractivity contribution in [3.05, 3.63) is 46.2 Å². The van der Waals surface area contributed by atoms with Gasteiger partial charge in [-0.25, -0.2) is 9.67 Å². The molecule has 0 radical (unpaired) electrons. The highest BCUT2D eigenvalue weighted by Crippen LogP contribution is 2.20. The van der Waals surface area contributed by atoms with Crippen molar-refractivity contribution in [2.24, 2.45) is 0 Å². The van der Waals surface area contributed by atoms with Gasteiger partial charge < -0.3 is 5.32 Å². The number of rotatable bonds is 4. The zero-order valence-electron chi connectivity index (χ0n) is 11.2. The van der Waals surface area contributed by atoms with E-state index in [9.17, 15) is 0 Å². The summed E-state index contributed by atoms with van der Waals surface area (Å²) >= 11 is 1.72. The fourth-order valence-corrected chi connectivity index (χ4v) is 2.83. The van der Waals surface area contributed by atoms with E-state index in [1.54, 1.807) is 22.3 Å². The lowest BCUT2D eigenvalue weighted by molar-refractivity contribution is 0.789. The van der Waals surface area contributed by atoms with E-state index in [0.717, 1.165) is 28.6 Å². The van der Waals surface area contributed by atoms with Gasteiger partial charge in [-0.1, -0.05) is 6.07 Å². The fourth-order valence-electron chi connectivity index (χ4n) is 1.96. The number of hydrogen-bond acceptors (Lipinski definition) is 6. The van der Waals surface area contributed by atoms with E-state index in [4.69, 9.17) is 0 Å². The first-order chi connectivity index (χ1) is 9.72. The summed E-state index contributed by atoms with van der Waals surface area (Å²) in [5, 5.41) is 15.7. The molecule has 0 atom stereocenters. The number of benzene rings is 1. The molecule has 0 spiro atoms. The summed E-state index contributed by atoms with van der Waals surface area (Å²) in [5.74, 6) is 0. The van der Waals surface area contributed by atoms with Gasteiger partial charge in [-0.2, -0.15) is 0 Å². The summed E-state index contributed by atoms with van der Waals surface area (Å²) in [4.78, 5) is 5.69. The number of thiazole rings is 1. The average molecular weight is 286 g/mol. The van der Waals surface area contributed by atoms with Crippen molar-refractivity contribution in [1.29, 1.82) is 0 Å². The molecule has 2 aromatic heterocycles. The van der Waals surface area contributed by atoms with Crippen LogP contribution in [0.3, 0.4) is 0 Å². The van der Waals surface area contributed by atoms with Crippen LogP contribution in [0, 0.1) is 13.8 Å². The molecule has 0 aliphatic rings. The minimum absolute atomic E-state index is 0.774. The zero-order chi connectivity index (χ0) is 13.9. The largest absolute Gasteiger partial charge is 0.380 e. The van der Waals surface area contributed by atoms with Crippen molar-refractivity contribution in [2.45, 2.75) is 20.4 Å². The Morgan fingerprint density at radius 2 is 2.20 bits per heavy atom. The molecule has 0 saturated carbocycles. The maximum absolute atomic E-state index is 4.43. The van der Waals surface area contributed by atoms with Crippen LogP contribution < -0.4 is 5.32 Å². The van der Waals surface area contributed by atoms with Crippen molar-refractivity contribution in [3.63, 3.8) is 0 Å². The van der Waals surface area contributed by atoms with Gasteiger partial charge in [-0.15, -0.1) is 16.4 Å². The fraction of sp³-hybridized carbons (Fsp3) is 0.231. The lowest BCUT2D eigenvalue weighted by Crippen LogP contribution is -2.01. The third-order valence-corrected chi connectivity index (χ3v) is 3.99. The molecule has 102 valence electrons. The molecule has 0 saturated heterocycles. The third-order valence-electron chi connectivity index (χ3n) is 2.91. The molecule has 0 fully saturated rings. The van der Waals surface area contributed by atoms with Crippen LogP contribution in [0.25, 0.3) is 5.69 Å². The Labute approximate surface area is 120 Å². The van der Waals surface area contributed by atoms with E-state index in [1.165, 1.54) is 4.88 Å². The van der Waals surface area contributed by atoms with Crippen LogP contribution in [-0.4, -0.2) is 25.2 Å². The van der Waals surface area contributed by atoms with Crippen LogP contribution in [0.4, 0.5) is 5.69 Å². The predicted molar refractivity (Wildman–Crippen MR) is 78.1 cm³/mol. The van der Waals surface area contributed by atoms with Crippen LogP contribution in [0.1, 0.15) is 15.6 Å².